The van der Waals surface area contributed by atoms with Gasteiger partial charge in [0.1, 0.15) is 5.82 Å². The molecular weight excluding hydrogens is 387 g/mol. The molecule has 0 aliphatic heterocycles. The quantitative estimate of drug-likeness (QED) is 0.578. The van der Waals surface area contributed by atoms with Crippen LogP contribution in [0.2, 0.25) is 5.02 Å². The van der Waals surface area contributed by atoms with Gasteiger partial charge >= 0.3 is 5.97 Å². The smallest absolute Gasteiger partial charge is 0.312 e. The van der Waals surface area contributed by atoms with Gasteiger partial charge in [-0.05, 0) is 25.1 Å². The molecule has 7 nitrogen and oxygen atoms in total. The highest BCUT2D eigenvalue weighted by Gasteiger charge is 2.21. The van der Waals surface area contributed by atoms with Gasteiger partial charge in [0, 0.05) is 32.1 Å². The fourth-order valence-electron chi connectivity index (χ4n) is 2.47. The lowest BCUT2D eigenvalue weighted by Gasteiger charge is -2.08. The van der Waals surface area contributed by atoms with E-state index in [2.05, 4.69) is 15.0 Å². The molecule has 1 aromatic carbocycles. The molecule has 0 bridgehead atoms. The Balaban J connectivity index is 2.03. The number of anilines is 1. The number of esters is 1. The number of carbonyl (C=O) groups is 1. The van der Waals surface area contributed by atoms with Crippen molar-refractivity contribution in [1.29, 1.82) is 0 Å². The molecular formula is C19H18ClFN4O3. The number of aromatic nitrogens is 3. The van der Waals surface area contributed by atoms with Gasteiger partial charge in [-0.25, -0.2) is 19.3 Å². The summed E-state index contributed by atoms with van der Waals surface area (Å²) in [7, 11) is 3.65. The first-order valence-corrected chi connectivity index (χ1v) is 8.87. The van der Waals surface area contributed by atoms with E-state index in [-0.39, 0.29) is 29.7 Å². The molecule has 28 heavy (non-hydrogen) atoms. The van der Waals surface area contributed by atoms with Crippen LogP contribution in [0.25, 0.3) is 22.8 Å². The van der Waals surface area contributed by atoms with Gasteiger partial charge in [0.15, 0.2) is 5.76 Å². The first-order valence-electron chi connectivity index (χ1n) is 8.49. The maximum absolute atomic E-state index is 13.9. The lowest BCUT2D eigenvalue weighted by Crippen LogP contribution is -2.12. The number of nitrogens with zero attached hydrogens (tertiary/aromatic N) is 4. The first kappa shape index (κ1) is 19.8. The van der Waals surface area contributed by atoms with Crippen molar-refractivity contribution in [3.05, 3.63) is 47.1 Å². The summed E-state index contributed by atoms with van der Waals surface area (Å²) >= 11 is 5.76. The Morgan fingerprint density at radius 1 is 1.25 bits per heavy atom. The Bertz CT molecular complexity index is 989. The minimum atomic E-state index is -0.599. The molecule has 0 N–H and O–H groups in total. The van der Waals surface area contributed by atoms with Gasteiger partial charge in [-0.2, -0.15) is 0 Å². The van der Waals surface area contributed by atoms with E-state index in [0.717, 1.165) is 0 Å². The van der Waals surface area contributed by atoms with Crippen LogP contribution in [0.15, 0.2) is 35.0 Å². The second-order valence-corrected chi connectivity index (χ2v) is 6.48. The van der Waals surface area contributed by atoms with Crippen molar-refractivity contribution in [3.8, 4) is 22.8 Å². The summed E-state index contributed by atoms with van der Waals surface area (Å²) in [5.41, 5.74) is 1.26. The monoisotopic (exact) mass is 404 g/mol. The van der Waals surface area contributed by atoms with Gasteiger partial charge in [0.05, 0.1) is 29.3 Å². The zero-order valence-electron chi connectivity index (χ0n) is 15.6. The molecule has 0 saturated heterocycles. The molecule has 0 spiro atoms. The average molecular weight is 405 g/mol. The largest absolute Gasteiger partial charge is 0.466 e. The van der Waals surface area contributed by atoms with Crippen molar-refractivity contribution in [2.75, 3.05) is 25.6 Å². The van der Waals surface area contributed by atoms with Crippen LogP contribution in [0.4, 0.5) is 10.3 Å². The van der Waals surface area contributed by atoms with E-state index < -0.39 is 11.8 Å². The van der Waals surface area contributed by atoms with Crippen LogP contribution in [0.3, 0.4) is 0 Å². The summed E-state index contributed by atoms with van der Waals surface area (Å²) in [5, 5.41) is -0.0110. The Hall–Kier alpha value is -3.00. The second kappa shape index (κ2) is 8.35. The lowest BCUT2D eigenvalue weighted by atomic mass is 10.1. The third-order valence-corrected chi connectivity index (χ3v) is 4.09. The van der Waals surface area contributed by atoms with Gasteiger partial charge in [0.2, 0.25) is 11.8 Å². The van der Waals surface area contributed by atoms with Crippen LogP contribution >= 0.6 is 11.6 Å². The topological polar surface area (TPSA) is 81.4 Å². The van der Waals surface area contributed by atoms with Crippen LogP contribution in [0.5, 0.6) is 0 Å². The maximum Gasteiger partial charge on any atom is 0.312 e. The summed E-state index contributed by atoms with van der Waals surface area (Å²) in [6.45, 7) is 1.96. The highest BCUT2D eigenvalue weighted by molar-refractivity contribution is 6.30. The van der Waals surface area contributed by atoms with Crippen molar-refractivity contribution in [1.82, 2.24) is 15.0 Å². The third-order valence-electron chi connectivity index (χ3n) is 3.78. The zero-order valence-corrected chi connectivity index (χ0v) is 16.3. The molecule has 0 fully saturated rings. The summed E-state index contributed by atoms with van der Waals surface area (Å²) in [6.07, 6.45) is 3.01. The van der Waals surface area contributed by atoms with Crippen LogP contribution in [-0.4, -0.2) is 41.6 Å². The SMILES string of the molecule is CCOC(=O)Cc1nc(-c2cnc(N(C)C)nc2)oc1-c1ccc(Cl)c(F)c1. The molecule has 2 aromatic heterocycles. The van der Waals surface area contributed by atoms with E-state index in [4.69, 9.17) is 20.8 Å². The Kier molecular flexibility index (Phi) is 5.89. The van der Waals surface area contributed by atoms with Gasteiger partial charge in [-0.1, -0.05) is 11.6 Å². The van der Waals surface area contributed by atoms with Crippen LogP contribution in [-0.2, 0) is 16.0 Å². The molecule has 2 heterocycles. The molecule has 0 atom stereocenters. The van der Waals surface area contributed by atoms with Crippen LogP contribution in [0, 0.1) is 5.82 Å². The van der Waals surface area contributed by atoms with Gasteiger partial charge in [0.25, 0.3) is 0 Å². The number of benzene rings is 1. The summed E-state index contributed by atoms with van der Waals surface area (Å²) in [5.74, 6) is -0.0533. The number of halogens is 2. The molecule has 0 unspecified atom stereocenters. The summed E-state index contributed by atoms with van der Waals surface area (Å²) in [6, 6.07) is 4.24. The highest BCUT2D eigenvalue weighted by Crippen LogP contribution is 2.32. The molecule has 146 valence electrons. The Morgan fingerprint density at radius 3 is 2.57 bits per heavy atom. The molecule has 3 rings (SSSR count). The minimum absolute atomic E-state index is 0.0110. The fraction of sp³-hybridized carbons (Fsp3) is 0.263. The molecule has 0 amide bonds. The predicted octanol–water partition coefficient (Wildman–Crippen LogP) is 3.76. The van der Waals surface area contributed by atoms with E-state index in [1.807, 2.05) is 14.1 Å². The predicted molar refractivity (Wildman–Crippen MR) is 103 cm³/mol. The lowest BCUT2D eigenvalue weighted by molar-refractivity contribution is -0.142. The molecule has 0 aliphatic carbocycles. The molecule has 0 saturated carbocycles. The van der Waals surface area contributed by atoms with E-state index in [1.165, 1.54) is 12.1 Å². The van der Waals surface area contributed by atoms with E-state index >= 15 is 0 Å². The number of rotatable bonds is 6. The van der Waals surface area contributed by atoms with Crippen molar-refractivity contribution in [3.63, 3.8) is 0 Å². The zero-order chi connectivity index (χ0) is 20.3. The Labute approximate surface area is 166 Å². The number of hydrogen-bond acceptors (Lipinski definition) is 7. The van der Waals surface area contributed by atoms with E-state index in [1.54, 1.807) is 30.3 Å². The minimum Gasteiger partial charge on any atom is -0.466 e. The van der Waals surface area contributed by atoms with Crippen LogP contribution < -0.4 is 4.90 Å². The van der Waals surface area contributed by atoms with Crippen molar-refractivity contribution in [2.24, 2.45) is 0 Å². The van der Waals surface area contributed by atoms with Crippen molar-refractivity contribution < 1.29 is 18.3 Å². The molecule has 9 heteroatoms. The van der Waals surface area contributed by atoms with Gasteiger partial charge in [-0.15, -0.1) is 0 Å². The number of hydrogen-bond donors (Lipinski definition) is 0. The first-order chi connectivity index (χ1) is 13.4. The van der Waals surface area contributed by atoms with Crippen LogP contribution in [0.1, 0.15) is 12.6 Å². The normalized spacial score (nSPS) is 10.8. The standard InChI is InChI=1S/C19H18ClFN4O3/c1-4-27-16(26)8-15-17(11-5-6-13(20)14(21)7-11)28-18(24-15)12-9-22-19(23-10-12)25(2)3/h5-7,9-10H,4,8H2,1-3H3. The van der Waals surface area contributed by atoms with E-state index in [0.29, 0.717) is 22.8 Å². The third kappa shape index (κ3) is 4.28. The molecule has 0 aliphatic rings. The van der Waals surface area contributed by atoms with Crippen molar-refractivity contribution in [2.45, 2.75) is 13.3 Å². The second-order valence-electron chi connectivity index (χ2n) is 6.07. The summed E-state index contributed by atoms with van der Waals surface area (Å²) < 4.78 is 24.7. The Morgan fingerprint density at radius 2 is 1.96 bits per heavy atom. The number of oxazole rings is 1. The number of carbonyl (C=O) groups excluding carboxylic acids is 1. The van der Waals surface area contributed by atoms with E-state index in [9.17, 15) is 9.18 Å². The number of ether oxygens (including phenoxy) is 1. The van der Waals surface area contributed by atoms with Crippen molar-refractivity contribution >= 4 is 23.5 Å². The fourth-order valence-corrected chi connectivity index (χ4v) is 2.59. The summed E-state index contributed by atoms with van der Waals surface area (Å²) in [4.78, 5) is 26.6. The maximum atomic E-state index is 13.9. The molecule has 0 radical (unpaired) electrons. The highest BCUT2D eigenvalue weighted by atomic mass is 35.5. The molecule has 3 aromatic rings. The van der Waals surface area contributed by atoms with Gasteiger partial charge < -0.3 is 14.1 Å². The van der Waals surface area contributed by atoms with Gasteiger partial charge in [-0.3, -0.25) is 4.79 Å². The average Bonchev–Trinajstić information content (AvgIpc) is 3.08.